The van der Waals surface area contributed by atoms with Crippen molar-refractivity contribution in [2.24, 2.45) is 20.0 Å². The van der Waals surface area contributed by atoms with Gasteiger partial charge in [-0.05, 0) is 25.0 Å². The number of hydrogen-bond acceptors (Lipinski definition) is 6. The van der Waals surface area contributed by atoms with Gasteiger partial charge in [0.15, 0.2) is 0 Å². The zero-order valence-corrected chi connectivity index (χ0v) is 34.8. The first-order valence-electron chi connectivity index (χ1n) is 21.7. The molecule has 0 bridgehead atoms. The molecule has 0 spiro atoms. The molecule has 6 nitrogen and oxygen atoms in total. The van der Waals surface area contributed by atoms with E-state index in [1.54, 1.807) is 0 Å². The molecule has 0 fully saturated rings. The van der Waals surface area contributed by atoms with Crippen molar-refractivity contribution in [3.05, 3.63) is 203 Å². The van der Waals surface area contributed by atoms with Gasteiger partial charge in [-0.25, -0.2) is 20.0 Å². The van der Waals surface area contributed by atoms with Crippen molar-refractivity contribution >= 4 is 22.8 Å². The van der Waals surface area contributed by atoms with E-state index in [0.717, 1.165) is 108 Å². The number of hydrogen-bond donors (Lipinski definition) is 0. The van der Waals surface area contributed by atoms with E-state index in [9.17, 15) is 0 Å². The van der Waals surface area contributed by atoms with Crippen LogP contribution in [0.1, 0.15) is 98.6 Å². The van der Waals surface area contributed by atoms with Crippen LogP contribution in [0.2, 0.25) is 0 Å². The largest absolute Gasteiger partial charge is 0.493 e. The van der Waals surface area contributed by atoms with Gasteiger partial charge in [0.1, 0.15) is 11.5 Å². The smallest absolute Gasteiger partial charge is 0.230 e. The Morgan fingerprint density at radius 2 is 0.617 bits per heavy atom. The summed E-state index contributed by atoms with van der Waals surface area (Å²) in [5, 5.41) is 0. The molecule has 2 aliphatic heterocycles. The van der Waals surface area contributed by atoms with Crippen LogP contribution in [-0.2, 0) is 11.3 Å². The number of aliphatic imine (C=N–C) groups is 4. The van der Waals surface area contributed by atoms with Gasteiger partial charge < -0.3 is 9.47 Å². The van der Waals surface area contributed by atoms with Crippen molar-refractivity contribution in [3.8, 4) is 11.5 Å². The van der Waals surface area contributed by atoms with E-state index in [0.29, 0.717) is 24.7 Å². The lowest BCUT2D eigenvalue weighted by molar-refractivity contribution is 0.225. The summed E-state index contributed by atoms with van der Waals surface area (Å²) >= 11 is 0. The number of rotatable bonds is 19. The van der Waals surface area contributed by atoms with E-state index >= 15 is 0 Å². The normalized spacial score (nSPS) is 15.2. The monoisotopic (exact) mass is 790 g/mol. The second-order valence-electron chi connectivity index (χ2n) is 15.5. The van der Waals surface area contributed by atoms with Gasteiger partial charge in [-0.15, -0.1) is 0 Å². The van der Waals surface area contributed by atoms with Crippen LogP contribution >= 0.6 is 0 Å². The van der Waals surface area contributed by atoms with Crippen molar-refractivity contribution in [2.45, 2.75) is 76.5 Å². The Labute approximate surface area is 355 Å². The zero-order chi connectivity index (χ0) is 41.0. The van der Waals surface area contributed by atoms with E-state index < -0.39 is 11.3 Å². The molecule has 6 heteroatoms. The summed E-state index contributed by atoms with van der Waals surface area (Å²) in [5.74, 6) is 1.42. The maximum absolute atomic E-state index is 6.83. The lowest BCUT2D eigenvalue weighted by Gasteiger charge is -2.39. The van der Waals surface area contributed by atoms with Gasteiger partial charge in [0.2, 0.25) is 11.3 Å². The van der Waals surface area contributed by atoms with E-state index in [-0.39, 0.29) is 0 Å². The summed E-state index contributed by atoms with van der Waals surface area (Å²) < 4.78 is 13.7. The Hall–Kier alpha value is -6.40. The molecule has 0 saturated heterocycles. The van der Waals surface area contributed by atoms with E-state index in [1.165, 1.54) is 0 Å². The first kappa shape index (κ1) is 40.4. The second kappa shape index (κ2) is 19.1. The van der Waals surface area contributed by atoms with Crippen LogP contribution in [0.25, 0.3) is 0 Å². The minimum Gasteiger partial charge on any atom is -0.493 e. The maximum Gasteiger partial charge on any atom is 0.230 e. The predicted molar refractivity (Wildman–Crippen MR) is 247 cm³/mol. The molecule has 0 aliphatic carbocycles. The van der Waals surface area contributed by atoms with E-state index in [2.05, 4.69) is 135 Å². The van der Waals surface area contributed by atoms with E-state index in [1.807, 2.05) is 48.5 Å². The molecule has 0 unspecified atom stereocenters. The lowest BCUT2D eigenvalue weighted by atomic mass is 9.81. The molecule has 0 aromatic heterocycles. The molecule has 0 amide bonds. The molecule has 2 aliphatic rings. The molecule has 302 valence electrons. The SMILES string of the molecule is CCCCCCOc1ccccc1C1(C2(c3ccccc3OCCCCCC)N=C(c3ccccc3)C(c3ccccc3)=N2)N=C(c2ccccc2)C(c2ccccc2)=N1. The average molecular weight is 791 g/mol. The lowest BCUT2D eigenvalue weighted by Crippen LogP contribution is -2.43. The standard InChI is InChI=1S/C54H54N4O2/c1-3-5-7-25-39-59-47-37-23-21-35-45(47)53(55-49(41-27-13-9-14-28-41)50(56-53)42-29-15-10-16-30-42)54(46-36-22-24-38-48(46)60-40-26-8-6-4-2)57-51(43-31-17-11-18-32-43)52(58-54)44-33-19-12-20-34-44/h9-24,27-38H,3-8,25-26,39-40H2,1-2H3. The Kier molecular flexibility index (Phi) is 12.9. The summed E-state index contributed by atoms with van der Waals surface area (Å²) in [6, 6.07) is 57.9. The summed E-state index contributed by atoms with van der Waals surface area (Å²) in [6.07, 6.45) is 8.71. The number of ether oxygens (including phenoxy) is 2. The van der Waals surface area contributed by atoms with Crippen LogP contribution in [0.5, 0.6) is 11.5 Å². The van der Waals surface area contributed by atoms with Gasteiger partial charge in [0, 0.05) is 33.4 Å². The fourth-order valence-electron chi connectivity index (χ4n) is 8.21. The number of unbranched alkanes of at least 4 members (excludes halogenated alkanes) is 6. The molecule has 6 aromatic carbocycles. The molecule has 0 atom stereocenters. The topological polar surface area (TPSA) is 67.9 Å². The number of nitrogens with zero attached hydrogens (tertiary/aromatic N) is 4. The van der Waals surface area contributed by atoms with E-state index in [4.69, 9.17) is 29.4 Å². The number of para-hydroxylation sites is 2. The van der Waals surface area contributed by atoms with Crippen LogP contribution in [0.3, 0.4) is 0 Å². The van der Waals surface area contributed by atoms with Crippen molar-refractivity contribution in [1.29, 1.82) is 0 Å². The highest BCUT2D eigenvalue weighted by Crippen LogP contribution is 2.58. The minimum absolute atomic E-state index is 0.569. The molecule has 0 saturated carbocycles. The first-order valence-corrected chi connectivity index (χ1v) is 21.7. The van der Waals surface area contributed by atoms with Crippen LogP contribution in [0.15, 0.2) is 190 Å². The average Bonchev–Trinajstić information content (AvgIpc) is 3.93. The Bertz CT molecular complexity index is 2170. The third-order valence-corrected chi connectivity index (χ3v) is 11.3. The molecule has 8 rings (SSSR count). The van der Waals surface area contributed by atoms with Gasteiger partial charge in [0.05, 0.1) is 36.1 Å². The zero-order valence-electron chi connectivity index (χ0n) is 34.8. The predicted octanol–water partition coefficient (Wildman–Crippen LogP) is 12.6. The number of benzene rings is 6. The highest BCUT2D eigenvalue weighted by molar-refractivity contribution is 6.55. The molecular formula is C54H54N4O2. The third-order valence-electron chi connectivity index (χ3n) is 11.3. The van der Waals surface area contributed by atoms with Gasteiger partial charge in [-0.2, -0.15) is 0 Å². The van der Waals surface area contributed by atoms with Gasteiger partial charge in [0.25, 0.3) is 0 Å². The molecule has 60 heavy (non-hydrogen) atoms. The molecule has 6 aromatic rings. The Morgan fingerprint density at radius 1 is 0.333 bits per heavy atom. The summed E-state index contributed by atoms with van der Waals surface area (Å²) in [6.45, 7) is 5.60. The quantitative estimate of drug-likeness (QED) is 0.0767. The first-order chi connectivity index (χ1) is 29.7. The Morgan fingerprint density at radius 3 is 0.917 bits per heavy atom. The van der Waals surface area contributed by atoms with Crippen LogP contribution in [0.4, 0.5) is 0 Å². The van der Waals surface area contributed by atoms with Gasteiger partial charge in [-0.3, -0.25) is 0 Å². The molecule has 0 N–H and O–H groups in total. The maximum atomic E-state index is 6.83. The molecular weight excluding hydrogens is 737 g/mol. The Balaban J connectivity index is 1.48. The van der Waals surface area contributed by atoms with Crippen LogP contribution in [0, 0.1) is 0 Å². The second-order valence-corrected chi connectivity index (χ2v) is 15.5. The summed E-state index contributed by atoms with van der Waals surface area (Å²) in [5.41, 5.74) is 5.42. The van der Waals surface area contributed by atoms with Crippen LogP contribution in [-0.4, -0.2) is 36.1 Å². The summed E-state index contributed by atoms with van der Waals surface area (Å²) in [7, 11) is 0. The van der Waals surface area contributed by atoms with Crippen molar-refractivity contribution in [2.75, 3.05) is 13.2 Å². The molecule has 0 radical (unpaired) electrons. The van der Waals surface area contributed by atoms with Crippen molar-refractivity contribution in [1.82, 2.24) is 0 Å². The third kappa shape index (κ3) is 8.24. The summed E-state index contributed by atoms with van der Waals surface area (Å²) in [4.78, 5) is 23.8. The fraction of sp³-hybridized carbons (Fsp3) is 0.259. The fourth-order valence-corrected chi connectivity index (χ4v) is 8.21. The van der Waals surface area contributed by atoms with Crippen molar-refractivity contribution in [3.63, 3.8) is 0 Å². The van der Waals surface area contributed by atoms with Gasteiger partial charge >= 0.3 is 0 Å². The van der Waals surface area contributed by atoms with Crippen LogP contribution < -0.4 is 9.47 Å². The highest BCUT2D eigenvalue weighted by Gasteiger charge is 2.62. The highest BCUT2D eigenvalue weighted by atomic mass is 16.5. The molecule has 2 heterocycles. The minimum atomic E-state index is -1.50. The van der Waals surface area contributed by atoms with Gasteiger partial charge in [-0.1, -0.05) is 210 Å². The van der Waals surface area contributed by atoms with Crippen molar-refractivity contribution < 1.29 is 9.47 Å².